The van der Waals surface area contributed by atoms with Gasteiger partial charge in [-0.25, -0.2) is 0 Å². The molecule has 1 aliphatic heterocycles. The maximum absolute atomic E-state index is 12.1. The van der Waals surface area contributed by atoms with Crippen LogP contribution in [0.5, 0.6) is 11.5 Å². The Morgan fingerprint density at radius 1 is 1.29 bits per heavy atom. The monoisotopic (exact) mass is 252 g/mol. The minimum absolute atomic E-state index is 0.125. The third kappa shape index (κ3) is 1.89. The summed E-state index contributed by atoms with van der Waals surface area (Å²) in [5.41, 5.74) is 0.560. The third-order valence-corrected chi connectivity index (χ3v) is 3.66. The highest BCUT2D eigenvalue weighted by molar-refractivity contribution is 6.34. The first-order valence-corrected chi connectivity index (χ1v) is 6.18. The van der Waals surface area contributed by atoms with Crippen molar-refractivity contribution in [2.75, 3.05) is 13.2 Å². The fraction of sp³-hybridized carbons (Fsp3) is 0.462. The lowest BCUT2D eigenvalue weighted by molar-refractivity contribution is 0.0961. The van der Waals surface area contributed by atoms with E-state index in [2.05, 4.69) is 6.92 Å². The number of carbonyl (C=O) groups excluding carboxylic acids is 1. The lowest BCUT2D eigenvalue weighted by atomic mass is 10.1. The van der Waals surface area contributed by atoms with Gasteiger partial charge in [-0.3, -0.25) is 4.79 Å². The standard InChI is InChI=1S/C13H13ClO3/c1-7-4-8(7)13(15)9-5-11-12(6-10(9)14)17-3-2-16-11/h5-8H,2-4H2,1H3. The maximum Gasteiger partial charge on any atom is 0.167 e. The van der Waals surface area contributed by atoms with E-state index in [1.54, 1.807) is 12.1 Å². The number of rotatable bonds is 2. The number of ketones is 1. The van der Waals surface area contributed by atoms with Crippen LogP contribution in [0.2, 0.25) is 5.02 Å². The van der Waals surface area contributed by atoms with Gasteiger partial charge in [-0.2, -0.15) is 0 Å². The van der Waals surface area contributed by atoms with Crippen LogP contribution in [0.3, 0.4) is 0 Å². The Morgan fingerprint density at radius 2 is 1.88 bits per heavy atom. The average molecular weight is 253 g/mol. The molecule has 0 saturated heterocycles. The summed E-state index contributed by atoms with van der Waals surface area (Å²) in [5, 5.41) is 0.457. The highest BCUT2D eigenvalue weighted by atomic mass is 35.5. The molecule has 3 nitrogen and oxygen atoms in total. The quantitative estimate of drug-likeness (QED) is 0.759. The second kappa shape index (κ2) is 3.91. The van der Waals surface area contributed by atoms with Gasteiger partial charge in [0.05, 0.1) is 5.02 Å². The zero-order valence-electron chi connectivity index (χ0n) is 9.53. The Balaban J connectivity index is 1.96. The number of ether oxygens (including phenoxy) is 2. The van der Waals surface area contributed by atoms with Gasteiger partial charge in [0.25, 0.3) is 0 Å². The summed E-state index contributed by atoms with van der Waals surface area (Å²) >= 11 is 6.12. The molecule has 1 aromatic carbocycles. The first-order valence-electron chi connectivity index (χ1n) is 5.80. The molecule has 2 unspecified atom stereocenters. The highest BCUT2D eigenvalue weighted by Crippen LogP contribution is 2.43. The Hall–Kier alpha value is -1.22. The van der Waals surface area contributed by atoms with E-state index in [0.29, 0.717) is 41.2 Å². The minimum atomic E-state index is 0.125. The molecule has 1 heterocycles. The Labute approximate surface area is 105 Å². The van der Waals surface area contributed by atoms with Crippen LogP contribution >= 0.6 is 11.6 Å². The average Bonchev–Trinajstić information content (AvgIpc) is 3.05. The van der Waals surface area contributed by atoms with Gasteiger partial charge < -0.3 is 9.47 Å². The summed E-state index contributed by atoms with van der Waals surface area (Å²) in [4.78, 5) is 12.1. The van der Waals surface area contributed by atoms with Crippen LogP contribution in [0.4, 0.5) is 0 Å². The van der Waals surface area contributed by atoms with E-state index >= 15 is 0 Å². The number of Topliss-reactive ketones (excluding diaryl/α,β-unsaturated/α-hetero) is 1. The molecule has 0 N–H and O–H groups in total. The topological polar surface area (TPSA) is 35.5 Å². The Bertz CT molecular complexity index is 484. The molecule has 1 aliphatic carbocycles. The molecular formula is C13H13ClO3. The first-order chi connectivity index (χ1) is 8.16. The molecule has 1 fully saturated rings. The van der Waals surface area contributed by atoms with Crippen LogP contribution in [0.15, 0.2) is 12.1 Å². The van der Waals surface area contributed by atoms with Crippen LogP contribution in [0, 0.1) is 11.8 Å². The van der Waals surface area contributed by atoms with Crippen molar-refractivity contribution in [2.45, 2.75) is 13.3 Å². The Morgan fingerprint density at radius 3 is 2.47 bits per heavy atom. The molecule has 4 heteroatoms. The predicted octanol–water partition coefficient (Wildman–Crippen LogP) is 2.95. The van der Waals surface area contributed by atoms with E-state index in [1.165, 1.54) is 0 Å². The number of hydrogen-bond donors (Lipinski definition) is 0. The van der Waals surface area contributed by atoms with Gasteiger partial charge in [0.1, 0.15) is 13.2 Å². The van der Waals surface area contributed by atoms with Crippen LogP contribution < -0.4 is 9.47 Å². The fourth-order valence-electron chi connectivity index (χ4n) is 2.14. The molecule has 0 bridgehead atoms. The second-order valence-corrected chi connectivity index (χ2v) is 5.07. The zero-order valence-corrected chi connectivity index (χ0v) is 10.3. The summed E-state index contributed by atoms with van der Waals surface area (Å²) < 4.78 is 10.9. The highest BCUT2D eigenvalue weighted by Gasteiger charge is 2.40. The molecule has 2 atom stereocenters. The van der Waals surface area contributed by atoms with Crippen molar-refractivity contribution in [2.24, 2.45) is 11.8 Å². The molecule has 1 aromatic rings. The van der Waals surface area contributed by atoms with Gasteiger partial charge in [0.2, 0.25) is 0 Å². The summed E-state index contributed by atoms with van der Waals surface area (Å²) in [6, 6.07) is 3.39. The zero-order chi connectivity index (χ0) is 12.0. The van der Waals surface area contributed by atoms with E-state index in [-0.39, 0.29) is 11.7 Å². The third-order valence-electron chi connectivity index (χ3n) is 3.34. The summed E-state index contributed by atoms with van der Waals surface area (Å²) in [5.74, 6) is 1.99. The van der Waals surface area contributed by atoms with Crippen LogP contribution in [-0.4, -0.2) is 19.0 Å². The van der Waals surface area contributed by atoms with Gasteiger partial charge in [-0.1, -0.05) is 18.5 Å². The largest absolute Gasteiger partial charge is 0.486 e. The summed E-state index contributed by atoms with van der Waals surface area (Å²) in [7, 11) is 0. The van der Waals surface area contributed by atoms with E-state index in [4.69, 9.17) is 21.1 Å². The van der Waals surface area contributed by atoms with E-state index in [1.807, 2.05) is 0 Å². The molecule has 3 rings (SSSR count). The van der Waals surface area contributed by atoms with Crippen molar-refractivity contribution >= 4 is 17.4 Å². The molecule has 1 saturated carbocycles. The summed E-state index contributed by atoms with van der Waals surface area (Å²) in [6.07, 6.45) is 0.962. The first kappa shape index (κ1) is 10.9. The van der Waals surface area contributed by atoms with Crippen molar-refractivity contribution in [3.63, 3.8) is 0 Å². The molecule has 0 aromatic heterocycles. The van der Waals surface area contributed by atoms with E-state index < -0.39 is 0 Å². The lowest BCUT2D eigenvalue weighted by Crippen LogP contribution is -2.16. The van der Waals surface area contributed by atoms with Crippen molar-refractivity contribution in [3.05, 3.63) is 22.7 Å². The van der Waals surface area contributed by atoms with E-state index in [0.717, 1.165) is 6.42 Å². The molecule has 17 heavy (non-hydrogen) atoms. The molecule has 0 radical (unpaired) electrons. The van der Waals surface area contributed by atoms with Gasteiger partial charge >= 0.3 is 0 Å². The predicted molar refractivity (Wildman–Crippen MR) is 64.0 cm³/mol. The lowest BCUT2D eigenvalue weighted by Gasteiger charge is -2.19. The summed E-state index contributed by atoms with van der Waals surface area (Å²) in [6.45, 7) is 3.12. The molecule has 0 amide bonds. The van der Waals surface area contributed by atoms with Crippen LogP contribution in [0.1, 0.15) is 23.7 Å². The van der Waals surface area contributed by atoms with Gasteiger partial charge in [0, 0.05) is 17.5 Å². The second-order valence-electron chi connectivity index (χ2n) is 4.66. The van der Waals surface area contributed by atoms with Crippen molar-refractivity contribution in [1.29, 1.82) is 0 Å². The normalized spacial score (nSPS) is 25.5. The van der Waals surface area contributed by atoms with Crippen molar-refractivity contribution in [1.82, 2.24) is 0 Å². The number of halogens is 1. The fourth-order valence-corrected chi connectivity index (χ4v) is 2.39. The maximum atomic E-state index is 12.1. The number of hydrogen-bond acceptors (Lipinski definition) is 3. The molecule has 90 valence electrons. The molecule has 0 spiro atoms. The van der Waals surface area contributed by atoms with Crippen LogP contribution in [0.25, 0.3) is 0 Å². The smallest absolute Gasteiger partial charge is 0.167 e. The van der Waals surface area contributed by atoms with E-state index in [9.17, 15) is 4.79 Å². The van der Waals surface area contributed by atoms with Crippen molar-refractivity contribution in [3.8, 4) is 11.5 Å². The van der Waals surface area contributed by atoms with Crippen LogP contribution in [-0.2, 0) is 0 Å². The molecular weight excluding hydrogens is 240 g/mol. The van der Waals surface area contributed by atoms with Crippen molar-refractivity contribution < 1.29 is 14.3 Å². The number of fused-ring (bicyclic) bond motifs is 1. The van der Waals surface area contributed by atoms with Gasteiger partial charge in [-0.05, 0) is 18.4 Å². The Kier molecular flexibility index (Phi) is 2.51. The molecule has 2 aliphatic rings. The van der Waals surface area contributed by atoms with Gasteiger partial charge in [0.15, 0.2) is 17.3 Å². The SMILES string of the molecule is CC1CC1C(=O)c1cc2c(cc1Cl)OCCO2. The number of carbonyl (C=O) groups is 1. The van der Waals surface area contributed by atoms with Gasteiger partial charge in [-0.15, -0.1) is 0 Å². The minimum Gasteiger partial charge on any atom is -0.486 e. The number of benzene rings is 1.